The summed E-state index contributed by atoms with van der Waals surface area (Å²) in [5.74, 6) is -0.352. The second-order valence-corrected chi connectivity index (χ2v) is 7.88. The molecule has 1 saturated carbocycles. The summed E-state index contributed by atoms with van der Waals surface area (Å²) < 4.78 is 16.3. The number of hydrogen-bond acceptors (Lipinski definition) is 7. The van der Waals surface area contributed by atoms with Crippen LogP contribution in [-0.4, -0.2) is 48.3 Å². The van der Waals surface area contributed by atoms with Gasteiger partial charge in [-0.15, -0.1) is 0 Å². The summed E-state index contributed by atoms with van der Waals surface area (Å²) >= 11 is 0. The molecule has 8 nitrogen and oxygen atoms in total. The van der Waals surface area contributed by atoms with Crippen molar-refractivity contribution in [3.63, 3.8) is 0 Å². The Morgan fingerprint density at radius 2 is 1.81 bits per heavy atom. The van der Waals surface area contributed by atoms with Crippen LogP contribution in [0.15, 0.2) is 35.5 Å². The first kappa shape index (κ1) is 21.1. The Morgan fingerprint density at radius 1 is 1.13 bits per heavy atom. The van der Waals surface area contributed by atoms with E-state index in [0.29, 0.717) is 23.7 Å². The predicted molar refractivity (Wildman–Crippen MR) is 111 cm³/mol. The summed E-state index contributed by atoms with van der Waals surface area (Å²) in [4.78, 5) is 37.3. The first-order valence-electron chi connectivity index (χ1n) is 10.6. The van der Waals surface area contributed by atoms with E-state index in [1.165, 1.54) is 6.21 Å². The van der Waals surface area contributed by atoms with Gasteiger partial charge in [0.25, 0.3) is 11.8 Å². The van der Waals surface area contributed by atoms with Gasteiger partial charge in [-0.1, -0.05) is 12.2 Å². The number of rotatable bonds is 8. The predicted octanol–water partition coefficient (Wildman–Crippen LogP) is 2.56. The summed E-state index contributed by atoms with van der Waals surface area (Å²) in [6.45, 7) is 5.84. The number of ether oxygens (including phenoxy) is 3. The van der Waals surface area contributed by atoms with E-state index >= 15 is 0 Å². The molecular formula is C23H26N2O6. The molecule has 2 amide bonds. The molecule has 3 aliphatic rings. The number of benzene rings is 1. The number of nitrogens with zero attached hydrogens (tertiary/aromatic N) is 2. The second kappa shape index (κ2) is 8.53. The second-order valence-electron chi connectivity index (χ2n) is 7.88. The van der Waals surface area contributed by atoms with Gasteiger partial charge < -0.3 is 14.2 Å². The van der Waals surface area contributed by atoms with E-state index in [4.69, 9.17) is 14.2 Å². The van der Waals surface area contributed by atoms with Crippen molar-refractivity contribution in [3.05, 3.63) is 35.9 Å². The van der Waals surface area contributed by atoms with Crippen LogP contribution in [0.25, 0.3) is 0 Å². The number of esters is 1. The number of allylic oxidation sites excluding steroid dienone is 2. The molecule has 5 atom stereocenters. The fourth-order valence-corrected chi connectivity index (χ4v) is 4.59. The molecule has 1 aliphatic heterocycles. The van der Waals surface area contributed by atoms with Crippen molar-refractivity contribution in [1.29, 1.82) is 0 Å². The number of amides is 2. The minimum absolute atomic E-state index is 0.147. The first-order chi connectivity index (χ1) is 14.9. The van der Waals surface area contributed by atoms with Gasteiger partial charge >= 0.3 is 5.97 Å². The summed E-state index contributed by atoms with van der Waals surface area (Å²) in [5, 5.41) is 5.20. The molecule has 1 saturated heterocycles. The molecule has 2 bridgehead atoms. The minimum atomic E-state index is -0.790. The number of carbonyl (C=O) groups excluding carboxylic acids is 3. The zero-order chi connectivity index (χ0) is 22.1. The molecule has 1 aromatic rings. The maximum Gasteiger partial charge on any atom is 0.347 e. The van der Waals surface area contributed by atoms with Crippen molar-refractivity contribution in [3.8, 4) is 11.5 Å². The van der Waals surface area contributed by atoms with Crippen LogP contribution in [0.4, 0.5) is 0 Å². The van der Waals surface area contributed by atoms with Crippen molar-refractivity contribution in [2.45, 2.75) is 33.3 Å². The van der Waals surface area contributed by atoms with Crippen molar-refractivity contribution < 1.29 is 28.6 Å². The Kier molecular flexibility index (Phi) is 5.80. The molecule has 2 aliphatic carbocycles. The third-order valence-corrected chi connectivity index (χ3v) is 5.96. The third-order valence-electron chi connectivity index (χ3n) is 5.96. The van der Waals surface area contributed by atoms with Gasteiger partial charge in [-0.3, -0.25) is 9.59 Å². The number of fused-ring (bicyclic) bond motifs is 5. The Bertz CT molecular complexity index is 925. The number of hydrazone groups is 1. The lowest BCUT2D eigenvalue weighted by Crippen LogP contribution is -2.28. The van der Waals surface area contributed by atoms with Crippen molar-refractivity contribution in [1.82, 2.24) is 5.01 Å². The Morgan fingerprint density at radius 3 is 2.42 bits per heavy atom. The molecule has 0 aromatic heterocycles. The topological polar surface area (TPSA) is 94.5 Å². The lowest BCUT2D eigenvalue weighted by atomic mass is 9.85. The maximum atomic E-state index is 12.7. The fourth-order valence-electron chi connectivity index (χ4n) is 4.59. The van der Waals surface area contributed by atoms with E-state index in [9.17, 15) is 14.4 Å². The molecular weight excluding hydrogens is 400 g/mol. The van der Waals surface area contributed by atoms with Crippen molar-refractivity contribution in [2.24, 2.45) is 28.8 Å². The first-order valence-corrected chi connectivity index (χ1v) is 10.6. The zero-order valence-corrected chi connectivity index (χ0v) is 17.8. The highest BCUT2D eigenvalue weighted by molar-refractivity contribution is 6.06. The molecule has 1 aromatic carbocycles. The number of imide groups is 1. The third kappa shape index (κ3) is 3.82. The molecule has 0 spiro atoms. The van der Waals surface area contributed by atoms with E-state index in [0.717, 1.165) is 11.4 Å². The van der Waals surface area contributed by atoms with Gasteiger partial charge in [-0.25, -0.2) is 4.79 Å². The molecule has 164 valence electrons. The fraction of sp³-hybridized carbons (Fsp3) is 0.478. The van der Waals surface area contributed by atoms with E-state index in [2.05, 4.69) is 17.3 Å². The van der Waals surface area contributed by atoms with Gasteiger partial charge in [0.15, 0.2) is 17.6 Å². The highest BCUT2D eigenvalue weighted by Crippen LogP contribution is 2.52. The molecule has 0 unspecified atom stereocenters. The monoisotopic (exact) mass is 426 g/mol. The lowest BCUT2D eigenvalue weighted by molar-refractivity contribution is -0.150. The molecule has 2 fully saturated rings. The maximum absolute atomic E-state index is 12.7. The average Bonchev–Trinajstić information content (AvgIpc) is 3.43. The highest BCUT2D eigenvalue weighted by atomic mass is 16.6. The lowest BCUT2D eigenvalue weighted by Gasteiger charge is -2.17. The largest absolute Gasteiger partial charge is 0.490 e. The minimum Gasteiger partial charge on any atom is -0.490 e. The van der Waals surface area contributed by atoms with Crippen molar-refractivity contribution >= 4 is 24.0 Å². The molecule has 4 rings (SSSR count). The van der Waals surface area contributed by atoms with Crippen LogP contribution in [0.1, 0.15) is 32.8 Å². The standard InChI is InChI=1S/C23H26N2O6/c1-4-29-18-10-14(6-9-17(18)31-13(3)23(28)30-5-2)12-24-25-21(26)19-15-7-8-16(11-15)20(19)22(25)27/h6-10,12-13,15-16,19-20H,4-5,11H2,1-3H3/t13-,15+,16+,19-,20+/m1/s1. The van der Waals surface area contributed by atoms with Crippen LogP contribution in [0.5, 0.6) is 11.5 Å². The number of hydrogen-bond donors (Lipinski definition) is 0. The van der Waals surface area contributed by atoms with Gasteiger partial charge in [0.05, 0.1) is 31.3 Å². The van der Waals surface area contributed by atoms with Gasteiger partial charge in [0, 0.05) is 0 Å². The van der Waals surface area contributed by atoms with E-state index in [1.54, 1.807) is 32.0 Å². The van der Waals surface area contributed by atoms with Gasteiger partial charge in [-0.05, 0) is 62.8 Å². The van der Waals surface area contributed by atoms with Crippen LogP contribution in [-0.2, 0) is 19.1 Å². The van der Waals surface area contributed by atoms with Crippen LogP contribution >= 0.6 is 0 Å². The average molecular weight is 426 g/mol. The van der Waals surface area contributed by atoms with Gasteiger partial charge in [0.1, 0.15) is 0 Å². The SMILES string of the molecule is CCOC(=O)[C@@H](C)Oc1ccc(C=NN2C(=O)[C@@H]3[C@H](C2=O)[C@H]2C=C[C@H]3C2)cc1OCC. The number of carbonyl (C=O) groups is 3. The molecule has 8 heteroatoms. The Labute approximate surface area is 180 Å². The van der Waals surface area contributed by atoms with Crippen LogP contribution in [0.3, 0.4) is 0 Å². The van der Waals surface area contributed by atoms with E-state index in [1.807, 2.05) is 6.92 Å². The Balaban J connectivity index is 1.49. The van der Waals surface area contributed by atoms with Crippen LogP contribution in [0.2, 0.25) is 0 Å². The normalized spacial score (nSPS) is 27.1. The quantitative estimate of drug-likeness (QED) is 0.274. The van der Waals surface area contributed by atoms with Gasteiger partial charge in [0.2, 0.25) is 0 Å². The molecule has 31 heavy (non-hydrogen) atoms. The summed E-state index contributed by atoms with van der Waals surface area (Å²) in [6.07, 6.45) is 5.66. The Hall–Kier alpha value is -3.16. The van der Waals surface area contributed by atoms with Crippen molar-refractivity contribution in [2.75, 3.05) is 13.2 Å². The highest BCUT2D eigenvalue weighted by Gasteiger charge is 2.59. The van der Waals surface area contributed by atoms with Crippen LogP contribution < -0.4 is 9.47 Å². The summed E-state index contributed by atoms with van der Waals surface area (Å²) in [5.41, 5.74) is 0.637. The summed E-state index contributed by atoms with van der Waals surface area (Å²) in [6, 6.07) is 5.07. The van der Waals surface area contributed by atoms with Crippen LogP contribution in [0, 0.1) is 23.7 Å². The van der Waals surface area contributed by atoms with E-state index < -0.39 is 12.1 Å². The molecule has 1 heterocycles. The van der Waals surface area contributed by atoms with E-state index in [-0.39, 0.29) is 42.1 Å². The zero-order valence-electron chi connectivity index (χ0n) is 17.8. The molecule has 0 radical (unpaired) electrons. The van der Waals surface area contributed by atoms with Gasteiger partial charge in [-0.2, -0.15) is 10.1 Å². The smallest absolute Gasteiger partial charge is 0.347 e. The molecule has 0 N–H and O–H groups in total. The summed E-state index contributed by atoms with van der Waals surface area (Å²) in [7, 11) is 0.